The predicted octanol–water partition coefficient (Wildman–Crippen LogP) is 3.14. The van der Waals surface area contributed by atoms with E-state index in [1.807, 2.05) is 0 Å². The number of furan rings is 1. The molecule has 96 valence electrons. The van der Waals surface area contributed by atoms with Crippen LogP contribution in [0.3, 0.4) is 0 Å². The van der Waals surface area contributed by atoms with Crippen LogP contribution in [0.1, 0.15) is 17.2 Å². The molecule has 2 rings (SSSR count). The van der Waals surface area contributed by atoms with Gasteiger partial charge in [-0.15, -0.1) is 0 Å². The van der Waals surface area contributed by atoms with Crippen LogP contribution < -0.4 is 9.47 Å². The molecule has 0 aliphatic rings. The van der Waals surface area contributed by atoms with Crippen LogP contribution >= 0.6 is 15.9 Å². The minimum atomic E-state index is -0.780. The second kappa shape index (κ2) is 5.46. The van der Waals surface area contributed by atoms with Crippen molar-refractivity contribution in [3.05, 3.63) is 46.3 Å². The lowest BCUT2D eigenvalue weighted by molar-refractivity contribution is 0.217. The van der Waals surface area contributed by atoms with Gasteiger partial charge in [-0.3, -0.25) is 0 Å². The minimum Gasteiger partial charge on any atom is -0.493 e. The average molecular weight is 313 g/mol. The third kappa shape index (κ3) is 2.37. The maximum absolute atomic E-state index is 10.3. The molecule has 0 saturated heterocycles. The molecule has 1 N–H and O–H groups in total. The Balaban J connectivity index is 2.45. The van der Waals surface area contributed by atoms with Gasteiger partial charge in [0.1, 0.15) is 6.10 Å². The van der Waals surface area contributed by atoms with Crippen LogP contribution in [-0.2, 0) is 0 Å². The Labute approximate surface area is 113 Å². The summed E-state index contributed by atoms with van der Waals surface area (Å²) in [6.07, 6.45) is 2.25. The highest BCUT2D eigenvalue weighted by Crippen LogP contribution is 2.37. The van der Waals surface area contributed by atoms with Crippen molar-refractivity contribution in [2.45, 2.75) is 6.10 Å². The third-order valence-corrected chi connectivity index (χ3v) is 3.34. The molecule has 18 heavy (non-hydrogen) atoms. The minimum absolute atomic E-state index is 0.568. The van der Waals surface area contributed by atoms with Crippen LogP contribution in [0.4, 0.5) is 0 Å². The second-order valence-corrected chi connectivity index (χ2v) is 4.54. The van der Waals surface area contributed by atoms with Crippen molar-refractivity contribution in [3.8, 4) is 11.5 Å². The van der Waals surface area contributed by atoms with Gasteiger partial charge in [-0.1, -0.05) is 15.9 Å². The van der Waals surface area contributed by atoms with E-state index in [9.17, 15) is 5.11 Å². The zero-order valence-corrected chi connectivity index (χ0v) is 11.6. The topological polar surface area (TPSA) is 51.8 Å². The fourth-order valence-corrected chi connectivity index (χ4v) is 2.23. The number of halogens is 1. The molecule has 5 heteroatoms. The van der Waals surface area contributed by atoms with Crippen LogP contribution in [0, 0.1) is 0 Å². The van der Waals surface area contributed by atoms with Gasteiger partial charge in [0.15, 0.2) is 11.5 Å². The van der Waals surface area contributed by atoms with Gasteiger partial charge >= 0.3 is 0 Å². The van der Waals surface area contributed by atoms with E-state index in [0.717, 1.165) is 4.47 Å². The molecule has 1 unspecified atom stereocenters. The summed E-state index contributed by atoms with van der Waals surface area (Å²) in [6, 6.07) is 5.21. The highest BCUT2D eigenvalue weighted by atomic mass is 79.9. The first kappa shape index (κ1) is 13.0. The maximum atomic E-state index is 10.3. The Kier molecular flexibility index (Phi) is 3.93. The molecule has 1 aromatic carbocycles. The quantitative estimate of drug-likeness (QED) is 0.942. The van der Waals surface area contributed by atoms with Crippen molar-refractivity contribution in [2.75, 3.05) is 14.2 Å². The lowest BCUT2D eigenvalue weighted by Crippen LogP contribution is -2.01. The molecule has 0 amide bonds. The summed E-state index contributed by atoms with van der Waals surface area (Å²) in [6.45, 7) is 0. The first-order valence-electron chi connectivity index (χ1n) is 5.29. The van der Waals surface area contributed by atoms with Gasteiger partial charge in [-0.05, 0) is 18.2 Å². The van der Waals surface area contributed by atoms with Gasteiger partial charge in [-0.25, -0.2) is 0 Å². The second-order valence-electron chi connectivity index (χ2n) is 3.69. The molecule has 0 spiro atoms. The van der Waals surface area contributed by atoms with Crippen LogP contribution in [0.5, 0.6) is 11.5 Å². The summed E-state index contributed by atoms with van der Waals surface area (Å²) in [5.74, 6) is 1.17. The van der Waals surface area contributed by atoms with Crippen molar-refractivity contribution in [1.82, 2.24) is 0 Å². The van der Waals surface area contributed by atoms with E-state index in [0.29, 0.717) is 22.6 Å². The summed E-state index contributed by atoms with van der Waals surface area (Å²) >= 11 is 3.41. The first-order chi connectivity index (χ1) is 8.67. The van der Waals surface area contributed by atoms with Crippen molar-refractivity contribution in [3.63, 3.8) is 0 Å². The fraction of sp³-hybridized carbons (Fsp3) is 0.231. The standard InChI is InChI=1S/C13H13BrO4/c1-16-11-5-9(10(14)6-12(11)17-2)13(15)8-3-4-18-7-8/h3-7,13,15H,1-2H3. The zero-order chi connectivity index (χ0) is 13.1. The smallest absolute Gasteiger partial charge is 0.161 e. The number of aliphatic hydroxyl groups is 1. The van der Waals surface area contributed by atoms with E-state index in [1.165, 1.54) is 12.5 Å². The van der Waals surface area contributed by atoms with Crippen LogP contribution in [0.15, 0.2) is 39.6 Å². The Morgan fingerprint density at radius 3 is 2.44 bits per heavy atom. The van der Waals surface area contributed by atoms with Crippen LogP contribution in [0.25, 0.3) is 0 Å². The molecule has 0 aliphatic heterocycles. The van der Waals surface area contributed by atoms with Crippen molar-refractivity contribution in [1.29, 1.82) is 0 Å². The van der Waals surface area contributed by atoms with E-state index in [1.54, 1.807) is 32.4 Å². The van der Waals surface area contributed by atoms with Gasteiger partial charge in [0, 0.05) is 15.6 Å². The largest absolute Gasteiger partial charge is 0.493 e. The lowest BCUT2D eigenvalue weighted by atomic mass is 10.0. The fourth-order valence-electron chi connectivity index (χ4n) is 1.69. The molecule has 1 aromatic heterocycles. The number of hydrogen-bond donors (Lipinski definition) is 1. The Morgan fingerprint density at radius 1 is 1.22 bits per heavy atom. The Bertz CT molecular complexity index is 522. The molecular formula is C13H13BrO4. The summed E-state index contributed by atoms with van der Waals surface area (Å²) in [4.78, 5) is 0. The van der Waals surface area contributed by atoms with Crippen molar-refractivity contribution in [2.24, 2.45) is 0 Å². The van der Waals surface area contributed by atoms with Gasteiger partial charge < -0.3 is 19.0 Å². The average Bonchev–Trinajstić information content (AvgIpc) is 2.91. The number of rotatable bonds is 4. The maximum Gasteiger partial charge on any atom is 0.161 e. The molecule has 1 atom stereocenters. The molecule has 2 aromatic rings. The highest BCUT2D eigenvalue weighted by molar-refractivity contribution is 9.10. The van der Waals surface area contributed by atoms with E-state index in [2.05, 4.69) is 15.9 Å². The van der Waals surface area contributed by atoms with Gasteiger partial charge in [0.2, 0.25) is 0 Å². The number of benzene rings is 1. The lowest BCUT2D eigenvalue weighted by Gasteiger charge is -2.15. The normalized spacial score (nSPS) is 12.2. The summed E-state index contributed by atoms with van der Waals surface area (Å²) in [5, 5.41) is 10.3. The number of aliphatic hydroxyl groups excluding tert-OH is 1. The number of ether oxygens (including phenoxy) is 2. The van der Waals surface area contributed by atoms with E-state index in [4.69, 9.17) is 13.9 Å². The predicted molar refractivity (Wildman–Crippen MR) is 70.0 cm³/mol. The molecule has 0 fully saturated rings. The number of methoxy groups -OCH3 is 2. The monoisotopic (exact) mass is 312 g/mol. The molecule has 0 bridgehead atoms. The van der Waals surface area contributed by atoms with E-state index < -0.39 is 6.10 Å². The molecular weight excluding hydrogens is 300 g/mol. The first-order valence-corrected chi connectivity index (χ1v) is 6.08. The van der Waals surface area contributed by atoms with Crippen molar-refractivity contribution >= 4 is 15.9 Å². The van der Waals surface area contributed by atoms with Gasteiger partial charge in [0.25, 0.3) is 0 Å². The molecule has 0 saturated carbocycles. The molecule has 4 nitrogen and oxygen atoms in total. The van der Waals surface area contributed by atoms with Crippen LogP contribution in [0.2, 0.25) is 0 Å². The number of hydrogen-bond acceptors (Lipinski definition) is 4. The van der Waals surface area contributed by atoms with Gasteiger partial charge in [0.05, 0.1) is 26.7 Å². The third-order valence-electron chi connectivity index (χ3n) is 2.66. The van der Waals surface area contributed by atoms with Crippen molar-refractivity contribution < 1.29 is 19.0 Å². The Morgan fingerprint density at radius 2 is 1.89 bits per heavy atom. The Hall–Kier alpha value is -1.46. The zero-order valence-electron chi connectivity index (χ0n) is 10.0. The highest BCUT2D eigenvalue weighted by Gasteiger charge is 2.18. The molecule has 1 heterocycles. The molecule has 0 aliphatic carbocycles. The summed E-state index contributed by atoms with van der Waals surface area (Å²) in [7, 11) is 3.12. The van der Waals surface area contributed by atoms with Crippen LogP contribution in [-0.4, -0.2) is 19.3 Å². The summed E-state index contributed by atoms with van der Waals surface area (Å²) < 4.78 is 16.1. The molecule has 0 radical (unpaired) electrons. The SMILES string of the molecule is COc1cc(Br)c(C(O)c2ccoc2)cc1OC. The summed E-state index contributed by atoms with van der Waals surface area (Å²) in [5.41, 5.74) is 1.37. The van der Waals surface area contributed by atoms with Gasteiger partial charge in [-0.2, -0.15) is 0 Å². The van der Waals surface area contributed by atoms with E-state index >= 15 is 0 Å². The van der Waals surface area contributed by atoms with E-state index in [-0.39, 0.29) is 0 Å².